The molecule has 1 fully saturated rings. The topological polar surface area (TPSA) is 86.8 Å². The third-order valence-corrected chi connectivity index (χ3v) is 7.27. The number of hydrogen-bond acceptors (Lipinski definition) is 4. The summed E-state index contributed by atoms with van der Waals surface area (Å²) in [5.41, 5.74) is 1.14. The number of carbonyl (C=O) groups is 4. The third kappa shape index (κ3) is 6.18. The highest BCUT2D eigenvalue weighted by molar-refractivity contribution is 6.05. The molecule has 0 spiro atoms. The van der Waals surface area contributed by atoms with Crippen LogP contribution in [0.4, 0.5) is 4.39 Å². The Balaban J connectivity index is 1.58. The number of nitrogens with zero attached hydrogens (tertiary/aromatic N) is 2. The molecule has 4 rings (SSSR count). The largest absolute Gasteiger partial charge is 0.354 e. The predicted molar refractivity (Wildman–Crippen MR) is 141 cm³/mol. The van der Waals surface area contributed by atoms with Crippen LogP contribution in [0.25, 0.3) is 0 Å². The molecule has 0 bridgehead atoms. The highest BCUT2D eigenvalue weighted by Crippen LogP contribution is 2.35. The number of benzene rings is 2. The van der Waals surface area contributed by atoms with Crippen molar-refractivity contribution in [3.05, 3.63) is 83.7 Å². The molecule has 1 N–H and O–H groups in total. The molecule has 4 amide bonds. The van der Waals surface area contributed by atoms with Gasteiger partial charge in [0.15, 0.2) is 0 Å². The van der Waals surface area contributed by atoms with Crippen molar-refractivity contribution in [3.8, 4) is 0 Å². The summed E-state index contributed by atoms with van der Waals surface area (Å²) in [5.74, 6) is -2.47. The molecule has 2 aliphatic rings. The Morgan fingerprint density at radius 3 is 2.26 bits per heavy atom. The number of hydrogen-bond donors (Lipinski definition) is 1. The second kappa shape index (κ2) is 12.6. The van der Waals surface area contributed by atoms with Gasteiger partial charge in [-0.3, -0.25) is 24.1 Å². The van der Waals surface area contributed by atoms with E-state index in [1.807, 2.05) is 49.4 Å². The maximum atomic E-state index is 14.7. The smallest absolute Gasteiger partial charge is 0.243 e. The highest BCUT2D eigenvalue weighted by atomic mass is 19.1. The molecule has 1 saturated heterocycles. The summed E-state index contributed by atoms with van der Waals surface area (Å²) in [6.07, 6.45) is 5.70. The molecule has 0 saturated carbocycles. The zero-order valence-corrected chi connectivity index (χ0v) is 21.6. The van der Waals surface area contributed by atoms with E-state index in [0.717, 1.165) is 12.0 Å². The van der Waals surface area contributed by atoms with E-state index >= 15 is 0 Å². The average molecular weight is 520 g/mol. The normalized spacial score (nSPS) is 19.3. The SMILES string of the molecule is CCCNC(=O)[C@H](Cc1ccccc1)N(Cc1ccccc1F)C(=O)CCN1C(=O)[C@H]2CC=CC[C@H]2C1=O. The van der Waals surface area contributed by atoms with Crippen LogP contribution in [0.5, 0.6) is 0 Å². The van der Waals surface area contributed by atoms with Crippen molar-refractivity contribution in [2.45, 2.75) is 51.6 Å². The van der Waals surface area contributed by atoms with E-state index < -0.39 is 17.8 Å². The van der Waals surface area contributed by atoms with Gasteiger partial charge >= 0.3 is 0 Å². The first-order chi connectivity index (χ1) is 18.4. The van der Waals surface area contributed by atoms with Gasteiger partial charge in [-0.1, -0.05) is 67.6 Å². The maximum Gasteiger partial charge on any atom is 0.243 e. The fourth-order valence-electron chi connectivity index (χ4n) is 5.17. The Morgan fingerprint density at radius 1 is 1.00 bits per heavy atom. The van der Waals surface area contributed by atoms with E-state index in [4.69, 9.17) is 0 Å². The molecule has 1 aliphatic carbocycles. The number of likely N-dealkylation sites (tertiary alicyclic amines) is 1. The predicted octanol–water partition coefficient (Wildman–Crippen LogP) is 3.63. The number of imide groups is 1. The minimum absolute atomic E-state index is 0.0636. The number of fused-ring (bicyclic) bond motifs is 1. The Morgan fingerprint density at radius 2 is 1.63 bits per heavy atom. The first kappa shape index (κ1) is 27.2. The van der Waals surface area contributed by atoms with E-state index in [1.54, 1.807) is 18.2 Å². The van der Waals surface area contributed by atoms with Crippen LogP contribution in [0.15, 0.2) is 66.7 Å². The zero-order chi connectivity index (χ0) is 27.1. The number of carbonyl (C=O) groups excluding carboxylic acids is 4. The van der Waals surface area contributed by atoms with Crippen molar-refractivity contribution in [2.24, 2.45) is 11.8 Å². The molecule has 7 nitrogen and oxygen atoms in total. The Hall–Kier alpha value is -3.81. The van der Waals surface area contributed by atoms with E-state index in [-0.39, 0.29) is 61.1 Å². The summed E-state index contributed by atoms with van der Waals surface area (Å²) < 4.78 is 14.7. The number of allylic oxidation sites excluding steroid dienone is 2. The van der Waals surface area contributed by atoms with Gasteiger partial charge in [-0.15, -0.1) is 0 Å². The molecule has 2 aromatic rings. The van der Waals surface area contributed by atoms with E-state index in [1.165, 1.54) is 15.9 Å². The van der Waals surface area contributed by atoms with Crippen molar-refractivity contribution in [2.75, 3.05) is 13.1 Å². The van der Waals surface area contributed by atoms with Crippen molar-refractivity contribution >= 4 is 23.6 Å². The second-order valence-corrected chi connectivity index (χ2v) is 9.84. The Bertz CT molecular complexity index is 1170. The number of amides is 4. The molecular weight excluding hydrogens is 485 g/mol. The first-order valence-corrected chi connectivity index (χ1v) is 13.3. The lowest BCUT2D eigenvalue weighted by Crippen LogP contribution is -2.51. The average Bonchev–Trinajstić information content (AvgIpc) is 3.18. The van der Waals surface area contributed by atoms with Crippen LogP contribution in [0.1, 0.15) is 43.7 Å². The van der Waals surface area contributed by atoms with Gasteiger partial charge < -0.3 is 10.2 Å². The molecule has 2 aromatic carbocycles. The summed E-state index contributed by atoms with van der Waals surface area (Å²) in [4.78, 5) is 55.4. The molecule has 8 heteroatoms. The molecular formula is C30H34FN3O4. The van der Waals surface area contributed by atoms with E-state index in [0.29, 0.717) is 19.4 Å². The number of rotatable bonds is 11. The van der Waals surface area contributed by atoms with E-state index in [9.17, 15) is 23.6 Å². The van der Waals surface area contributed by atoms with Crippen LogP contribution in [0, 0.1) is 17.7 Å². The molecule has 1 aliphatic heterocycles. The second-order valence-electron chi connectivity index (χ2n) is 9.84. The molecule has 3 atom stereocenters. The lowest BCUT2D eigenvalue weighted by molar-refractivity contribution is -0.144. The molecule has 1 heterocycles. The van der Waals surface area contributed by atoms with Gasteiger partial charge in [-0.05, 0) is 30.9 Å². The lowest BCUT2D eigenvalue weighted by Gasteiger charge is -2.32. The Kier molecular flexibility index (Phi) is 9.05. The van der Waals surface area contributed by atoms with E-state index in [2.05, 4.69) is 5.32 Å². The van der Waals surface area contributed by atoms with Crippen LogP contribution < -0.4 is 5.32 Å². The highest BCUT2D eigenvalue weighted by Gasteiger charge is 2.47. The van der Waals surface area contributed by atoms with Crippen molar-refractivity contribution in [1.29, 1.82) is 0 Å². The standard InChI is InChI=1S/C30H34FN3O4/c1-2-17-32-28(36)26(19-21-10-4-3-5-11-21)34(20-22-12-6-9-15-25(22)31)27(35)16-18-33-29(37)23-13-7-8-14-24(23)30(33)38/h3-12,15,23-24,26H,2,13-14,16-20H2,1H3,(H,32,36)/t23-,24+,26-/m0/s1. The molecule has 0 aromatic heterocycles. The van der Waals surface area contributed by atoms with Crippen LogP contribution in [0.2, 0.25) is 0 Å². The van der Waals surface area contributed by atoms with Crippen molar-refractivity contribution in [1.82, 2.24) is 15.1 Å². The lowest BCUT2D eigenvalue weighted by atomic mass is 9.85. The van der Waals surface area contributed by atoms with Gasteiger partial charge in [-0.2, -0.15) is 0 Å². The van der Waals surface area contributed by atoms with Gasteiger partial charge in [0, 0.05) is 38.0 Å². The van der Waals surface area contributed by atoms with Crippen LogP contribution in [-0.4, -0.2) is 52.6 Å². The molecule has 0 unspecified atom stereocenters. The summed E-state index contributed by atoms with van der Waals surface area (Å²) in [6.45, 7) is 2.21. The molecule has 200 valence electrons. The van der Waals surface area contributed by atoms with Gasteiger partial charge in [0.25, 0.3) is 0 Å². The Labute approximate surface area is 222 Å². The number of nitrogens with one attached hydrogen (secondary N) is 1. The fraction of sp³-hybridized carbons (Fsp3) is 0.400. The van der Waals surface area contributed by atoms with Gasteiger partial charge in [0.2, 0.25) is 23.6 Å². The van der Waals surface area contributed by atoms with Gasteiger partial charge in [0.1, 0.15) is 11.9 Å². The number of halogens is 1. The minimum Gasteiger partial charge on any atom is -0.354 e. The van der Waals surface area contributed by atoms with Crippen molar-refractivity contribution in [3.63, 3.8) is 0 Å². The van der Waals surface area contributed by atoms with Gasteiger partial charge in [0.05, 0.1) is 11.8 Å². The monoisotopic (exact) mass is 519 g/mol. The summed E-state index contributed by atoms with van der Waals surface area (Å²) in [6, 6.07) is 14.6. The van der Waals surface area contributed by atoms with Crippen molar-refractivity contribution < 1.29 is 23.6 Å². The summed E-state index contributed by atoms with van der Waals surface area (Å²) >= 11 is 0. The maximum absolute atomic E-state index is 14.7. The van der Waals surface area contributed by atoms with Gasteiger partial charge in [-0.25, -0.2) is 4.39 Å². The zero-order valence-electron chi connectivity index (χ0n) is 21.6. The first-order valence-electron chi connectivity index (χ1n) is 13.3. The van der Waals surface area contributed by atoms with Crippen LogP contribution in [0.3, 0.4) is 0 Å². The quantitative estimate of drug-likeness (QED) is 0.363. The minimum atomic E-state index is -0.896. The van der Waals surface area contributed by atoms with Crippen LogP contribution >= 0.6 is 0 Å². The molecule has 38 heavy (non-hydrogen) atoms. The summed E-state index contributed by atoms with van der Waals surface area (Å²) in [5, 5.41) is 2.88. The third-order valence-electron chi connectivity index (χ3n) is 7.27. The fourth-order valence-corrected chi connectivity index (χ4v) is 5.17. The molecule has 0 radical (unpaired) electrons. The van der Waals surface area contributed by atoms with Crippen LogP contribution in [-0.2, 0) is 32.1 Å². The summed E-state index contributed by atoms with van der Waals surface area (Å²) in [7, 11) is 0.